The van der Waals surface area contributed by atoms with Gasteiger partial charge >= 0.3 is 0 Å². The molecule has 0 unspecified atom stereocenters. The number of aromatic amines is 1. The van der Waals surface area contributed by atoms with Crippen molar-refractivity contribution in [1.29, 1.82) is 0 Å². The second-order valence-corrected chi connectivity index (χ2v) is 3.66. The van der Waals surface area contributed by atoms with E-state index in [1.807, 2.05) is 18.2 Å². The molecule has 1 N–H and O–H groups in total. The van der Waals surface area contributed by atoms with E-state index < -0.39 is 0 Å². The van der Waals surface area contributed by atoms with Crippen LogP contribution >= 0.6 is 0 Å². The van der Waals surface area contributed by atoms with Crippen LogP contribution in [0.15, 0.2) is 41.9 Å². The maximum Gasteiger partial charge on any atom is 0.0790 e. The third-order valence-electron chi connectivity index (χ3n) is 2.49. The third-order valence-corrected chi connectivity index (χ3v) is 2.49. The molecule has 1 aliphatic rings. The van der Waals surface area contributed by atoms with Crippen LogP contribution < -0.4 is 0 Å². The summed E-state index contributed by atoms with van der Waals surface area (Å²) in [5, 5.41) is 0. The van der Waals surface area contributed by atoms with E-state index in [2.05, 4.69) is 43.4 Å². The maximum absolute atomic E-state index is 4.05. The van der Waals surface area contributed by atoms with Crippen molar-refractivity contribution in [2.24, 2.45) is 4.99 Å². The van der Waals surface area contributed by atoms with Crippen molar-refractivity contribution in [3.05, 3.63) is 48.7 Å². The average Bonchev–Trinajstić information content (AvgIpc) is 3.08. The third kappa shape index (κ3) is 3.30. The Morgan fingerprint density at radius 3 is 2.89 bits per heavy atom. The van der Waals surface area contributed by atoms with Gasteiger partial charge in [0.15, 0.2) is 0 Å². The Kier molecular flexibility index (Phi) is 4.88. The molecule has 1 radical (unpaired) electrons. The van der Waals surface area contributed by atoms with Crippen molar-refractivity contribution in [3.8, 4) is 0 Å². The first-order valence-corrected chi connectivity index (χ1v) is 5.47. The maximum atomic E-state index is 4.05. The molecule has 0 bridgehead atoms. The Hall–Kier alpha value is -1.46. The number of fused-ring (bicyclic) bond motifs is 2. The predicted octanol–water partition coefficient (Wildman–Crippen LogP) is 1.97. The number of imidazole rings is 1. The minimum Gasteiger partial charge on any atom is -0.456 e. The molecule has 5 nitrogen and oxygen atoms in total. The quantitative estimate of drug-likeness (QED) is 0.643. The van der Waals surface area contributed by atoms with Gasteiger partial charge in [-0.25, -0.2) is 0 Å². The van der Waals surface area contributed by atoms with Crippen molar-refractivity contribution >= 4 is 23.1 Å². The number of aliphatic imine (C=N–C) groups is 1. The van der Waals surface area contributed by atoms with Gasteiger partial charge in [-0.05, 0) is 5.52 Å². The number of H-pyrrole nitrogens is 1. The second kappa shape index (κ2) is 6.64. The number of benzene rings is 1. The Morgan fingerprint density at radius 1 is 1.16 bits per heavy atom. The van der Waals surface area contributed by atoms with Crippen LogP contribution in [0.4, 0.5) is 5.69 Å². The molecule has 0 amide bonds. The fourth-order valence-electron chi connectivity index (χ4n) is 1.62. The van der Waals surface area contributed by atoms with E-state index >= 15 is 0 Å². The van der Waals surface area contributed by atoms with E-state index in [-0.39, 0.29) is 32.7 Å². The molecule has 2 aromatic heterocycles. The van der Waals surface area contributed by atoms with Gasteiger partial charge in [-0.15, -0.1) is 11.6 Å². The molecule has 1 aromatic carbocycles. The number of hydrogen-bond donors (Lipinski definition) is 1. The van der Waals surface area contributed by atoms with Gasteiger partial charge in [0.1, 0.15) is 0 Å². The molecule has 3 aromatic rings. The van der Waals surface area contributed by atoms with Crippen molar-refractivity contribution in [1.82, 2.24) is 19.9 Å². The molecule has 91 valence electrons. The van der Waals surface area contributed by atoms with E-state index in [1.165, 1.54) is 11.9 Å². The molecule has 0 spiro atoms. The smallest absolute Gasteiger partial charge is 0.0790 e. The standard InChI is InChI=1S/C8H6N.C5H3N4.Y/c1-2-4-8-7(3-1)5-6-9-8;1-4-5(8-2-6-1)9-3-7-4;/h1-4H,5H2;2-3H,(H,6,7,8,9);/q2*-1;. The zero-order valence-electron chi connectivity index (χ0n) is 10.0. The van der Waals surface area contributed by atoms with Crippen LogP contribution in [0.2, 0.25) is 0 Å². The Bertz CT molecular complexity index is 662. The number of nitrogens with zero attached hydrogens (tertiary/aromatic N) is 4. The molecule has 19 heavy (non-hydrogen) atoms. The van der Waals surface area contributed by atoms with E-state index in [0.717, 1.165) is 17.6 Å². The van der Waals surface area contributed by atoms with Crippen LogP contribution in [0.5, 0.6) is 0 Å². The summed E-state index contributed by atoms with van der Waals surface area (Å²) >= 11 is 0. The van der Waals surface area contributed by atoms with Crippen LogP contribution in [-0.2, 0) is 39.1 Å². The van der Waals surface area contributed by atoms with Crippen molar-refractivity contribution < 1.29 is 32.7 Å². The Balaban J connectivity index is 0.000000133. The molecule has 3 heterocycles. The summed E-state index contributed by atoms with van der Waals surface area (Å²) in [6.45, 7) is 0. The fourth-order valence-corrected chi connectivity index (χ4v) is 1.62. The average molecular weight is 324 g/mol. The molecule has 6 heteroatoms. The van der Waals surface area contributed by atoms with Gasteiger partial charge in [0.2, 0.25) is 0 Å². The van der Waals surface area contributed by atoms with E-state index in [1.54, 1.807) is 6.33 Å². The van der Waals surface area contributed by atoms with Crippen molar-refractivity contribution in [3.63, 3.8) is 0 Å². The van der Waals surface area contributed by atoms with Crippen LogP contribution in [0.25, 0.3) is 11.2 Å². The molecule has 1 aliphatic heterocycles. The zero-order chi connectivity index (χ0) is 12.2. The minimum atomic E-state index is 0. The van der Waals surface area contributed by atoms with Gasteiger partial charge in [0.05, 0.1) is 12.0 Å². The van der Waals surface area contributed by atoms with Gasteiger partial charge in [-0.1, -0.05) is 36.5 Å². The molecule has 0 saturated carbocycles. The minimum absolute atomic E-state index is 0. The summed E-state index contributed by atoms with van der Waals surface area (Å²) in [7, 11) is 0. The summed E-state index contributed by atoms with van der Waals surface area (Å²) < 4.78 is 0. The molecule has 4 rings (SSSR count). The SMILES string of the molecule is [C-]1=Nc2ccccc2C1.[Y].[c-]1ncnc2nc[nH]c12. The molecule has 0 fully saturated rings. The van der Waals surface area contributed by atoms with Crippen LogP contribution in [0.3, 0.4) is 0 Å². The van der Waals surface area contributed by atoms with E-state index in [9.17, 15) is 0 Å². The van der Waals surface area contributed by atoms with Crippen LogP contribution in [0.1, 0.15) is 5.56 Å². The molecule has 0 saturated heterocycles. The van der Waals surface area contributed by atoms with Gasteiger partial charge in [0, 0.05) is 39.0 Å². The summed E-state index contributed by atoms with van der Waals surface area (Å²) in [5.74, 6) is 0. The number of aromatic nitrogens is 4. The fraction of sp³-hybridized carbons (Fsp3) is 0.0769. The van der Waals surface area contributed by atoms with E-state index in [4.69, 9.17) is 0 Å². The number of nitrogens with one attached hydrogen (secondary N) is 1. The first kappa shape index (κ1) is 14.0. The normalized spacial score (nSPS) is 11.4. The molecule has 0 atom stereocenters. The molecular weight excluding hydrogens is 315 g/mol. The number of rotatable bonds is 0. The molecule has 0 aliphatic carbocycles. The van der Waals surface area contributed by atoms with Crippen molar-refractivity contribution in [2.45, 2.75) is 6.42 Å². The Labute approximate surface area is 135 Å². The van der Waals surface area contributed by atoms with Crippen LogP contribution in [0, 0.1) is 6.20 Å². The zero-order valence-corrected chi connectivity index (χ0v) is 12.9. The van der Waals surface area contributed by atoms with Gasteiger partial charge in [0.25, 0.3) is 0 Å². The van der Waals surface area contributed by atoms with Gasteiger partial charge < -0.3 is 19.9 Å². The first-order chi connectivity index (χ1) is 8.93. The number of para-hydroxylation sites is 1. The topological polar surface area (TPSA) is 66.8 Å². The van der Waals surface area contributed by atoms with Crippen molar-refractivity contribution in [2.75, 3.05) is 0 Å². The number of hydrogen-bond acceptors (Lipinski definition) is 4. The first-order valence-electron chi connectivity index (χ1n) is 5.47. The summed E-state index contributed by atoms with van der Waals surface area (Å²) in [4.78, 5) is 18.3. The summed E-state index contributed by atoms with van der Waals surface area (Å²) in [6.07, 6.45) is 9.48. The predicted molar refractivity (Wildman–Crippen MR) is 67.8 cm³/mol. The monoisotopic (exact) mass is 324 g/mol. The van der Waals surface area contributed by atoms with Crippen LogP contribution in [-0.4, -0.2) is 26.2 Å². The second-order valence-electron chi connectivity index (χ2n) is 3.66. The summed E-state index contributed by atoms with van der Waals surface area (Å²) in [6, 6.07) is 8.12. The van der Waals surface area contributed by atoms with Gasteiger partial charge in [-0.2, -0.15) is 6.21 Å². The van der Waals surface area contributed by atoms with Gasteiger partial charge in [-0.3, -0.25) is 4.98 Å². The summed E-state index contributed by atoms with van der Waals surface area (Å²) in [5.41, 5.74) is 3.78. The Morgan fingerprint density at radius 2 is 2.05 bits per heavy atom. The molecular formula is C13H9N5Y-2. The van der Waals surface area contributed by atoms with E-state index in [0.29, 0.717) is 5.65 Å². The largest absolute Gasteiger partial charge is 0.456 e.